The molecule has 1 fully saturated rings. The van der Waals surface area contributed by atoms with E-state index in [0.29, 0.717) is 18.0 Å². The summed E-state index contributed by atoms with van der Waals surface area (Å²) >= 11 is 0. The number of hydrogen-bond donors (Lipinski definition) is 1. The lowest BCUT2D eigenvalue weighted by Gasteiger charge is -2.30. The van der Waals surface area contributed by atoms with Gasteiger partial charge < -0.3 is 5.73 Å². The molecule has 0 radical (unpaired) electrons. The second kappa shape index (κ2) is 5.26. The van der Waals surface area contributed by atoms with Gasteiger partial charge >= 0.3 is 0 Å². The fraction of sp³-hybridized carbons (Fsp3) is 0.647. The van der Waals surface area contributed by atoms with Crippen LogP contribution < -0.4 is 5.73 Å². The summed E-state index contributed by atoms with van der Waals surface area (Å²) in [4.78, 5) is 2.57. The van der Waals surface area contributed by atoms with Crippen molar-refractivity contribution in [3.05, 3.63) is 34.4 Å². The first-order valence-corrected chi connectivity index (χ1v) is 7.36. The van der Waals surface area contributed by atoms with Crippen molar-refractivity contribution in [2.45, 2.75) is 47.1 Å². The first-order chi connectivity index (χ1) is 8.84. The summed E-state index contributed by atoms with van der Waals surface area (Å²) in [5, 5.41) is 0. The van der Waals surface area contributed by atoms with Crippen LogP contribution in [0.5, 0.6) is 0 Å². The number of aryl methyl sites for hydroxylation is 3. The molecule has 2 heteroatoms. The van der Waals surface area contributed by atoms with Crippen LogP contribution in [0.25, 0.3) is 0 Å². The summed E-state index contributed by atoms with van der Waals surface area (Å²) in [6.45, 7) is 14.3. The SMILES string of the molecule is Cc1cc(C)c(C(CN)N2CCC(C)(C)C2)cc1C. The van der Waals surface area contributed by atoms with Gasteiger partial charge in [-0.3, -0.25) is 4.90 Å². The van der Waals surface area contributed by atoms with Crippen LogP contribution >= 0.6 is 0 Å². The van der Waals surface area contributed by atoms with Gasteiger partial charge in [0.2, 0.25) is 0 Å². The third-order valence-corrected chi connectivity index (χ3v) is 4.61. The Morgan fingerprint density at radius 1 is 1.16 bits per heavy atom. The molecule has 1 aliphatic rings. The van der Waals surface area contributed by atoms with Crippen molar-refractivity contribution in [1.82, 2.24) is 4.90 Å². The van der Waals surface area contributed by atoms with E-state index in [-0.39, 0.29) is 0 Å². The number of nitrogens with two attached hydrogens (primary N) is 1. The minimum absolute atomic E-state index is 0.376. The molecule has 0 saturated carbocycles. The van der Waals surface area contributed by atoms with E-state index in [2.05, 4.69) is 51.7 Å². The van der Waals surface area contributed by atoms with E-state index in [4.69, 9.17) is 5.73 Å². The molecule has 0 bridgehead atoms. The fourth-order valence-electron chi connectivity index (χ4n) is 3.23. The van der Waals surface area contributed by atoms with Crippen molar-refractivity contribution in [1.29, 1.82) is 0 Å². The Balaban J connectivity index is 2.30. The Morgan fingerprint density at radius 3 is 2.32 bits per heavy atom. The second-order valence-corrected chi connectivity index (χ2v) is 6.93. The summed E-state index contributed by atoms with van der Waals surface area (Å²) in [5.74, 6) is 0. The summed E-state index contributed by atoms with van der Waals surface area (Å²) in [7, 11) is 0. The number of rotatable bonds is 3. The summed E-state index contributed by atoms with van der Waals surface area (Å²) < 4.78 is 0. The molecule has 1 aliphatic heterocycles. The first kappa shape index (κ1) is 14.5. The summed E-state index contributed by atoms with van der Waals surface area (Å²) in [6.07, 6.45) is 1.27. The largest absolute Gasteiger partial charge is 0.329 e. The fourth-order valence-corrected chi connectivity index (χ4v) is 3.23. The molecule has 1 saturated heterocycles. The molecule has 2 rings (SSSR count). The van der Waals surface area contributed by atoms with Crippen molar-refractivity contribution in [3.63, 3.8) is 0 Å². The third-order valence-electron chi connectivity index (χ3n) is 4.61. The lowest BCUT2D eigenvalue weighted by Crippen LogP contribution is -2.33. The molecule has 0 spiro atoms. The minimum Gasteiger partial charge on any atom is -0.329 e. The Bertz CT molecular complexity index is 463. The van der Waals surface area contributed by atoms with Gasteiger partial charge in [-0.15, -0.1) is 0 Å². The predicted molar refractivity (Wildman–Crippen MR) is 82.4 cm³/mol. The van der Waals surface area contributed by atoms with Crippen LogP contribution in [0.4, 0.5) is 0 Å². The van der Waals surface area contributed by atoms with Gasteiger partial charge in [-0.2, -0.15) is 0 Å². The van der Waals surface area contributed by atoms with Crippen LogP contribution in [0.2, 0.25) is 0 Å². The zero-order valence-electron chi connectivity index (χ0n) is 13.1. The topological polar surface area (TPSA) is 29.3 Å². The van der Waals surface area contributed by atoms with Crippen LogP contribution in [0.3, 0.4) is 0 Å². The van der Waals surface area contributed by atoms with Crippen molar-refractivity contribution in [2.24, 2.45) is 11.1 Å². The molecule has 0 aromatic heterocycles. The van der Waals surface area contributed by atoms with Crippen molar-refractivity contribution in [3.8, 4) is 0 Å². The maximum absolute atomic E-state index is 6.09. The molecule has 106 valence electrons. The molecular formula is C17H28N2. The van der Waals surface area contributed by atoms with Crippen LogP contribution in [-0.2, 0) is 0 Å². The van der Waals surface area contributed by atoms with Crippen LogP contribution in [0.15, 0.2) is 12.1 Å². The Hall–Kier alpha value is -0.860. The standard InChI is InChI=1S/C17H28N2/c1-12-8-14(3)15(9-13(12)2)16(10-18)19-7-6-17(4,5)11-19/h8-9,16H,6-7,10-11,18H2,1-5H3. The van der Waals surface area contributed by atoms with Gasteiger partial charge in [0.15, 0.2) is 0 Å². The lowest BCUT2D eigenvalue weighted by molar-refractivity contribution is 0.223. The Labute approximate surface area is 118 Å². The van der Waals surface area contributed by atoms with Gasteiger partial charge in [0.1, 0.15) is 0 Å². The van der Waals surface area contributed by atoms with Crippen LogP contribution in [0, 0.1) is 26.2 Å². The highest BCUT2D eigenvalue weighted by Gasteiger charge is 2.33. The van der Waals surface area contributed by atoms with E-state index in [1.165, 1.54) is 35.2 Å². The zero-order valence-corrected chi connectivity index (χ0v) is 13.1. The maximum atomic E-state index is 6.09. The quantitative estimate of drug-likeness (QED) is 0.903. The van der Waals surface area contributed by atoms with Gasteiger partial charge in [-0.1, -0.05) is 26.0 Å². The van der Waals surface area contributed by atoms with E-state index in [1.807, 2.05) is 0 Å². The molecule has 19 heavy (non-hydrogen) atoms. The van der Waals surface area contributed by atoms with Crippen molar-refractivity contribution < 1.29 is 0 Å². The van der Waals surface area contributed by atoms with Crippen LogP contribution in [-0.4, -0.2) is 24.5 Å². The molecule has 0 aliphatic carbocycles. The zero-order chi connectivity index (χ0) is 14.2. The molecular weight excluding hydrogens is 232 g/mol. The molecule has 2 nitrogen and oxygen atoms in total. The molecule has 1 heterocycles. The van der Waals surface area contributed by atoms with Crippen molar-refractivity contribution in [2.75, 3.05) is 19.6 Å². The minimum atomic E-state index is 0.376. The highest BCUT2D eigenvalue weighted by molar-refractivity contribution is 5.38. The van der Waals surface area contributed by atoms with Gasteiger partial charge in [-0.25, -0.2) is 0 Å². The highest BCUT2D eigenvalue weighted by atomic mass is 15.2. The molecule has 0 amide bonds. The molecule has 1 aromatic carbocycles. The van der Waals surface area contributed by atoms with Crippen molar-refractivity contribution >= 4 is 0 Å². The molecule has 1 atom stereocenters. The molecule has 1 unspecified atom stereocenters. The number of likely N-dealkylation sites (tertiary alicyclic amines) is 1. The molecule has 2 N–H and O–H groups in total. The second-order valence-electron chi connectivity index (χ2n) is 6.93. The maximum Gasteiger partial charge on any atom is 0.0473 e. The van der Waals surface area contributed by atoms with E-state index in [0.717, 1.165) is 6.54 Å². The smallest absolute Gasteiger partial charge is 0.0473 e. The van der Waals surface area contributed by atoms with Gasteiger partial charge in [0.05, 0.1) is 0 Å². The monoisotopic (exact) mass is 260 g/mol. The van der Waals surface area contributed by atoms with Crippen LogP contribution in [0.1, 0.15) is 48.6 Å². The third kappa shape index (κ3) is 3.01. The normalized spacial score (nSPS) is 20.7. The Morgan fingerprint density at radius 2 is 1.79 bits per heavy atom. The average molecular weight is 260 g/mol. The van der Waals surface area contributed by atoms with E-state index in [9.17, 15) is 0 Å². The van der Waals surface area contributed by atoms with Gasteiger partial charge in [0, 0.05) is 19.1 Å². The number of benzene rings is 1. The predicted octanol–water partition coefficient (Wildman–Crippen LogP) is 3.34. The lowest BCUT2D eigenvalue weighted by atomic mass is 9.92. The van der Waals surface area contributed by atoms with E-state index in [1.54, 1.807) is 0 Å². The summed E-state index contributed by atoms with van der Waals surface area (Å²) in [6, 6.07) is 5.02. The van der Waals surface area contributed by atoms with Gasteiger partial charge in [-0.05, 0) is 61.4 Å². The van der Waals surface area contributed by atoms with E-state index >= 15 is 0 Å². The Kier molecular flexibility index (Phi) is 4.03. The average Bonchev–Trinajstić information content (AvgIpc) is 2.67. The number of hydrogen-bond acceptors (Lipinski definition) is 2. The molecule has 1 aromatic rings. The first-order valence-electron chi connectivity index (χ1n) is 7.36. The van der Waals surface area contributed by atoms with Gasteiger partial charge in [0.25, 0.3) is 0 Å². The number of nitrogens with zero attached hydrogens (tertiary/aromatic N) is 1. The van der Waals surface area contributed by atoms with E-state index < -0.39 is 0 Å². The highest BCUT2D eigenvalue weighted by Crippen LogP contribution is 2.35. The summed E-state index contributed by atoms with van der Waals surface area (Å²) in [5.41, 5.74) is 12.1.